The number of carbonyl (C=O) groups excluding carboxylic acids is 2. The normalized spacial score (nSPS) is 18.1. The van der Waals surface area contributed by atoms with Gasteiger partial charge in [-0.25, -0.2) is 4.39 Å². The number of halogens is 2. The number of rotatable bonds is 4. The van der Waals surface area contributed by atoms with E-state index in [1.165, 1.54) is 53.7 Å². The number of aliphatic hydroxyl groups excluding tert-OH is 1. The fourth-order valence-electron chi connectivity index (χ4n) is 3.39. The molecule has 0 spiro atoms. The Morgan fingerprint density at radius 3 is 2.50 bits per heavy atom. The molecule has 1 aliphatic rings. The molecule has 1 fully saturated rings. The van der Waals surface area contributed by atoms with Gasteiger partial charge in [-0.3, -0.25) is 14.5 Å². The van der Waals surface area contributed by atoms with E-state index in [0.29, 0.717) is 16.3 Å². The van der Waals surface area contributed by atoms with Gasteiger partial charge in [-0.2, -0.15) is 0 Å². The number of thiophene rings is 1. The van der Waals surface area contributed by atoms with Crippen LogP contribution in [0.2, 0.25) is 5.02 Å². The van der Waals surface area contributed by atoms with Gasteiger partial charge >= 0.3 is 0 Å². The molecule has 2 heterocycles. The molecule has 8 heteroatoms. The highest BCUT2D eigenvalue weighted by atomic mass is 35.5. The van der Waals surface area contributed by atoms with Crippen LogP contribution in [0.1, 0.15) is 16.5 Å². The van der Waals surface area contributed by atoms with E-state index in [1.54, 1.807) is 24.3 Å². The molecule has 30 heavy (non-hydrogen) atoms. The third kappa shape index (κ3) is 3.36. The summed E-state index contributed by atoms with van der Waals surface area (Å²) < 4.78 is 18.5. The first-order valence-corrected chi connectivity index (χ1v) is 10.1. The first-order valence-electron chi connectivity index (χ1n) is 8.86. The zero-order valence-electron chi connectivity index (χ0n) is 15.6. The van der Waals surface area contributed by atoms with E-state index in [0.717, 1.165) is 0 Å². The second-order valence-electron chi connectivity index (χ2n) is 6.51. The van der Waals surface area contributed by atoms with Gasteiger partial charge in [0.05, 0.1) is 17.7 Å². The number of methoxy groups -OCH3 is 1. The number of ketones is 1. The molecule has 5 nitrogen and oxygen atoms in total. The van der Waals surface area contributed by atoms with Crippen LogP contribution in [0.15, 0.2) is 65.6 Å². The van der Waals surface area contributed by atoms with Crippen molar-refractivity contribution in [2.24, 2.45) is 0 Å². The predicted molar refractivity (Wildman–Crippen MR) is 114 cm³/mol. The number of carbonyl (C=O) groups is 2. The number of hydrogen-bond acceptors (Lipinski definition) is 5. The SMILES string of the molecule is COc1ccc(/C(O)=C2/C(=O)C(=O)N(c3ccc(F)cc3)C2c2cccs2)cc1Cl. The summed E-state index contributed by atoms with van der Waals surface area (Å²) in [6.45, 7) is 0. The minimum Gasteiger partial charge on any atom is -0.507 e. The van der Waals surface area contributed by atoms with Crippen LogP contribution in [0.3, 0.4) is 0 Å². The van der Waals surface area contributed by atoms with Crippen molar-refractivity contribution < 1.29 is 23.8 Å². The molecule has 1 atom stereocenters. The maximum absolute atomic E-state index is 13.4. The van der Waals surface area contributed by atoms with Crippen LogP contribution in [0, 0.1) is 5.82 Å². The lowest BCUT2D eigenvalue weighted by molar-refractivity contribution is -0.132. The zero-order chi connectivity index (χ0) is 21.4. The van der Waals surface area contributed by atoms with E-state index in [9.17, 15) is 19.1 Å². The number of nitrogens with zero attached hydrogens (tertiary/aromatic N) is 1. The largest absolute Gasteiger partial charge is 0.507 e. The number of anilines is 1. The maximum Gasteiger partial charge on any atom is 0.300 e. The van der Waals surface area contributed by atoms with Crippen molar-refractivity contribution in [3.63, 3.8) is 0 Å². The Morgan fingerprint density at radius 2 is 1.90 bits per heavy atom. The summed E-state index contributed by atoms with van der Waals surface area (Å²) in [5, 5.41) is 13.1. The van der Waals surface area contributed by atoms with E-state index in [2.05, 4.69) is 0 Å². The van der Waals surface area contributed by atoms with E-state index >= 15 is 0 Å². The monoisotopic (exact) mass is 443 g/mol. The molecule has 1 amide bonds. The summed E-state index contributed by atoms with van der Waals surface area (Å²) in [4.78, 5) is 27.8. The first kappa shape index (κ1) is 20.1. The molecular weight excluding hydrogens is 429 g/mol. The molecule has 1 saturated heterocycles. The van der Waals surface area contributed by atoms with Crippen molar-refractivity contribution in [2.45, 2.75) is 6.04 Å². The van der Waals surface area contributed by atoms with Gasteiger partial charge < -0.3 is 9.84 Å². The smallest absolute Gasteiger partial charge is 0.300 e. The third-order valence-electron chi connectivity index (χ3n) is 4.79. The molecule has 0 aliphatic carbocycles. The summed E-state index contributed by atoms with van der Waals surface area (Å²) >= 11 is 7.51. The summed E-state index contributed by atoms with van der Waals surface area (Å²) in [6.07, 6.45) is 0. The lowest BCUT2D eigenvalue weighted by atomic mass is 9.99. The molecule has 3 aromatic rings. The zero-order valence-corrected chi connectivity index (χ0v) is 17.2. The Kier molecular flexibility index (Phi) is 5.32. The average molecular weight is 444 g/mol. The molecule has 0 bridgehead atoms. The standard InChI is InChI=1S/C22H15ClFNO4S/c1-29-16-9-4-12(11-15(16)23)20(26)18-19(17-3-2-10-30-17)25(22(28)21(18)27)14-7-5-13(24)6-8-14/h2-11,19,26H,1H3/b20-18-. The third-order valence-corrected chi connectivity index (χ3v) is 6.01. The molecule has 0 saturated carbocycles. The van der Waals surface area contributed by atoms with Crippen molar-refractivity contribution in [3.05, 3.63) is 86.8 Å². The molecule has 2 aromatic carbocycles. The fourth-order valence-corrected chi connectivity index (χ4v) is 4.47. The van der Waals surface area contributed by atoms with Gasteiger partial charge in [0.1, 0.15) is 23.4 Å². The van der Waals surface area contributed by atoms with Crippen molar-refractivity contribution in [1.29, 1.82) is 0 Å². The Labute approximate surface area is 180 Å². The number of hydrogen-bond donors (Lipinski definition) is 1. The van der Waals surface area contributed by atoms with Crippen LogP contribution < -0.4 is 9.64 Å². The Bertz CT molecular complexity index is 1160. The van der Waals surface area contributed by atoms with Gasteiger partial charge in [-0.05, 0) is 53.9 Å². The van der Waals surface area contributed by atoms with Crippen molar-refractivity contribution in [2.75, 3.05) is 12.0 Å². The van der Waals surface area contributed by atoms with Crippen LogP contribution in [0.25, 0.3) is 5.76 Å². The molecule has 1 aromatic heterocycles. The Hall–Kier alpha value is -3.16. The summed E-state index contributed by atoms with van der Waals surface area (Å²) in [5.74, 6) is -2.03. The van der Waals surface area contributed by atoms with Gasteiger partial charge in [0.25, 0.3) is 11.7 Å². The van der Waals surface area contributed by atoms with Crippen LogP contribution in [-0.4, -0.2) is 23.9 Å². The topological polar surface area (TPSA) is 66.8 Å². The molecule has 1 unspecified atom stereocenters. The van der Waals surface area contributed by atoms with Gasteiger partial charge in [-0.15, -0.1) is 11.3 Å². The number of ether oxygens (including phenoxy) is 1. The van der Waals surface area contributed by atoms with Crippen LogP contribution in [0.4, 0.5) is 10.1 Å². The number of amides is 1. The molecule has 0 radical (unpaired) electrons. The minimum atomic E-state index is -0.851. The number of aliphatic hydroxyl groups is 1. The predicted octanol–water partition coefficient (Wildman–Crippen LogP) is 5.18. The van der Waals surface area contributed by atoms with Gasteiger partial charge in [0.15, 0.2) is 0 Å². The summed E-state index contributed by atoms with van der Waals surface area (Å²) in [6, 6.07) is 12.6. The summed E-state index contributed by atoms with van der Waals surface area (Å²) in [7, 11) is 1.46. The molecule has 1 aliphatic heterocycles. The fraction of sp³-hybridized carbons (Fsp3) is 0.0909. The number of benzene rings is 2. The van der Waals surface area contributed by atoms with Gasteiger partial charge in [-0.1, -0.05) is 17.7 Å². The van der Waals surface area contributed by atoms with E-state index in [-0.39, 0.29) is 21.9 Å². The van der Waals surface area contributed by atoms with Crippen molar-refractivity contribution >= 4 is 46.1 Å². The average Bonchev–Trinajstić information content (AvgIpc) is 3.35. The molecule has 152 valence electrons. The minimum absolute atomic E-state index is 0.0620. The van der Waals surface area contributed by atoms with Crippen LogP contribution >= 0.6 is 22.9 Å². The van der Waals surface area contributed by atoms with Crippen LogP contribution in [0.5, 0.6) is 5.75 Å². The van der Waals surface area contributed by atoms with Crippen LogP contribution in [-0.2, 0) is 9.59 Å². The van der Waals surface area contributed by atoms with Gasteiger partial charge in [0.2, 0.25) is 0 Å². The van der Waals surface area contributed by atoms with Crippen molar-refractivity contribution in [1.82, 2.24) is 0 Å². The van der Waals surface area contributed by atoms with Gasteiger partial charge in [0, 0.05) is 16.1 Å². The van der Waals surface area contributed by atoms with E-state index in [1.807, 2.05) is 5.38 Å². The molecule has 4 rings (SSSR count). The quantitative estimate of drug-likeness (QED) is 0.343. The summed E-state index contributed by atoms with van der Waals surface area (Å²) in [5.41, 5.74) is 0.566. The highest BCUT2D eigenvalue weighted by Crippen LogP contribution is 2.44. The lowest BCUT2D eigenvalue weighted by Gasteiger charge is -2.24. The first-order chi connectivity index (χ1) is 14.4. The molecular formula is C22H15ClFNO4S. The van der Waals surface area contributed by atoms with Crippen molar-refractivity contribution in [3.8, 4) is 5.75 Å². The highest BCUT2D eigenvalue weighted by molar-refractivity contribution is 7.10. The van der Waals surface area contributed by atoms with E-state index < -0.39 is 23.5 Å². The lowest BCUT2D eigenvalue weighted by Crippen LogP contribution is -2.29. The second kappa shape index (κ2) is 7.93. The number of Topliss-reactive ketones (excluding diaryl/α,β-unsaturated/α-hetero) is 1. The Balaban J connectivity index is 1.90. The maximum atomic E-state index is 13.4. The highest BCUT2D eigenvalue weighted by Gasteiger charge is 2.47. The molecule has 1 N–H and O–H groups in total. The second-order valence-corrected chi connectivity index (χ2v) is 7.90. The van der Waals surface area contributed by atoms with E-state index in [4.69, 9.17) is 16.3 Å². The Morgan fingerprint density at radius 1 is 1.17 bits per heavy atom.